The predicted octanol–water partition coefficient (Wildman–Crippen LogP) is -0.207. The summed E-state index contributed by atoms with van der Waals surface area (Å²) in [5.74, 6) is 0.0947. The Labute approximate surface area is 108 Å². The van der Waals surface area contributed by atoms with Crippen molar-refractivity contribution in [1.29, 1.82) is 0 Å². The highest BCUT2D eigenvalue weighted by Crippen LogP contribution is 2.27. The van der Waals surface area contributed by atoms with Gasteiger partial charge in [0.15, 0.2) is 6.29 Å². The van der Waals surface area contributed by atoms with Crippen LogP contribution in [0.5, 0.6) is 0 Å². The molecule has 2 N–H and O–H groups in total. The molecule has 0 unspecified atom stereocenters. The molecule has 2 bridgehead atoms. The Morgan fingerprint density at radius 1 is 1.61 bits per heavy atom. The molecule has 2 rings (SSSR count). The maximum absolute atomic E-state index is 11.7. The third-order valence-electron chi connectivity index (χ3n) is 2.94. The number of urea groups is 1. The summed E-state index contributed by atoms with van der Waals surface area (Å²) in [6.07, 6.45) is -1.32. The number of hydrogen-bond acceptors (Lipinski definition) is 6. The maximum atomic E-state index is 11.7. The molecule has 0 aromatic heterocycles. The van der Waals surface area contributed by atoms with Gasteiger partial charge in [0, 0.05) is 12.3 Å². The molecule has 2 heterocycles. The van der Waals surface area contributed by atoms with E-state index in [1.54, 1.807) is 0 Å². The van der Waals surface area contributed by atoms with Crippen molar-refractivity contribution in [3.05, 3.63) is 4.91 Å². The first-order valence-corrected chi connectivity index (χ1v) is 6.11. The van der Waals surface area contributed by atoms with E-state index in [1.165, 1.54) is 0 Å². The van der Waals surface area contributed by atoms with Crippen LogP contribution in [0.25, 0.3) is 0 Å². The molecule has 2 aliphatic heterocycles. The number of aliphatic hydroxyl groups excluding tert-OH is 1. The fraction of sp³-hybridized carbons (Fsp3) is 0.889. The highest BCUT2D eigenvalue weighted by Gasteiger charge is 2.44. The number of nitrogens with zero attached hydrogens (tertiary/aromatic N) is 2. The van der Waals surface area contributed by atoms with Crippen LogP contribution >= 0.6 is 11.6 Å². The third kappa shape index (κ3) is 2.72. The molecule has 18 heavy (non-hydrogen) atoms. The molecular weight excluding hydrogens is 266 g/mol. The Balaban J connectivity index is 1.95. The molecule has 0 spiro atoms. The molecule has 0 aromatic carbocycles. The number of carbonyl (C=O) groups is 1. The molecule has 2 amide bonds. The zero-order valence-electron chi connectivity index (χ0n) is 9.49. The van der Waals surface area contributed by atoms with Crippen molar-refractivity contribution < 1.29 is 19.4 Å². The Hall–Kier alpha value is -0.960. The van der Waals surface area contributed by atoms with Gasteiger partial charge in [0.05, 0.1) is 30.6 Å². The van der Waals surface area contributed by atoms with Gasteiger partial charge in [0.2, 0.25) is 0 Å². The van der Waals surface area contributed by atoms with Crippen molar-refractivity contribution in [2.45, 2.75) is 31.0 Å². The molecule has 0 saturated carbocycles. The van der Waals surface area contributed by atoms with Crippen LogP contribution in [0.3, 0.4) is 0 Å². The minimum Gasteiger partial charge on any atom is -0.391 e. The van der Waals surface area contributed by atoms with Crippen LogP contribution in [0.15, 0.2) is 5.29 Å². The highest BCUT2D eigenvalue weighted by molar-refractivity contribution is 6.18. The highest BCUT2D eigenvalue weighted by atomic mass is 35.5. The maximum Gasteiger partial charge on any atom is 0.340 e. The lowest BCUT2D eigenvalue weighted by Crippen LogP contribution is -2.56. The van der Waals surface area contributed by atoms with E-state index in [4.69, 9.17) is 21.1 Å². The van der Waals surface area contributed by atoms with Crippen molar-refractivity contribution in [3.63, 3.8) is 0 Å². The normalized spacial score (nSPS) is 34.1. The van der Waals surface area contributed by atoms with Gasteiger partial charge in [0.1, 0.15) is 6.10 Å². The summed E-state index contributed by atoms with van der Waals surface area (Å²) < 4.78 is 10.6. The van der Waals surface area contributed by atoms with Crippen LogP contribution in [-0.4, -0.2) is 59.7 Å². The quantitative estimate of drug-likeness (QED) is 0.421. The van der Waals surface area contributed by atoms with E-state index in [2.05, 4.69) is 10.6 Å². The number of nitrogens with one attached hydrogen (secondary N) is 1. The van der Waals surface area contributed by atoms with Crippen LogP contribution in [0.1, 0.15) is 6.42 Å². The summed E-state index contributed by atoms with van der Waals surface area (Å²) in [5.41, 5.74) is 0. The number of rotatable bonds is 4. The molecule has 2 saturated heterocycles. The van der Waals surface area contributed by atoms with Crippen LogP contribution < -0.4 is 5.32 Å². The molecule has 2 fully saturated rings. The zero-order valence-corrected chi connectivity index (χ0v) is 10.2. The number of alkyl halides is 1. The fourth-order valence-electron chi connectivity index (χ4n) is 2.04. The van der Waals surface area contributed by atoms with E-state index in [0.29, 0.717) is 11.6 Å². The topological polar surface area (TPSA) is 100 Å². The van der Waals surface area contributed by atoms with Crippen LogP contribution in [0.2, 0.25) is 0 Å². The van der Waals surface area contributed by atoms with Gasteiger partial charge in [-0.15, -0.1) is 16.5 Å². The second kappa shape index (κ2) is 5.79. The van der Waals surface area contributed by atoms with Crippen molar-refractivity contribution in [3.8, 4) is 0 Å². The standard InChI is InChI=1S/C9H14ClN3O5/c10-1-2-13(12-16)9(15)11-8-5(14)3-7-17-4-6(8)18-7/h5-8,14H,1-4H2,(H,11,15)/t5-,6+,7+,8-/m0/s1. The van der Waals surface area contributed by atoms with Crippen LogP contribution in [0.4, 0.5) is 4.79 Å². The summed E-state index contributed by atoms with van der Waals surface area (Å²) in [6.45, 7) is 0.307. The van der Waals surface area contributed by atoms with E-state index in [0.717, 1.165) is 0 Å². The van der Waals surface area contributed by atoms with Gasteiger partial charge in [-0.1, -0.05) is 0 Å². The molecule has 2 aliphatic rings. The minimum absolute atomic E-state index is 0.00432. The summed E-state index contributed by atoms with van der Waals surface area (Å²) in [7, 11) is 0. The Kier molecular flexibility index (Phi) is 4.33. The Morgan fingerprint density at radius 2 is 2.39 bits per heavy atom. The second-order valence-electron chi connectivity index (χ2n) is 4.11. The predicted molar refractivity (Wildman–Crippen MR) is 60.8 cm³/mol. The molecule has 0 radical (unpaired) electrons. The summed E-state index contributed by atoms with van der Waals surface area (Å²) >= 11 is 5.44. The summed E-state index contributed by atoms with van der Waals surface area (Å²) in [5, 5.41) is 15.6. The van der Waals surface area contributed by atoms with Gasteiger partial charge < -0.3 is 19.9 Å². The number of carbonyl (C=O) groups excluding carboxylic acids is 1. The molecule has 102 valence electrons. The number of amides is 2. The Bertz CT molecular complexity index is 331. The zero-order chi connectivity index (χ0) is 13.1. The molecule has 0 aromatic rings. The Morgan fingerprint density at radius 3 is 3.06 bits per heavy atom. The van der Waals surface area contributed by atoms with Crippen molar-refractivity contribution in [2.75, 3.05) is 19.0 Å². The molecular formula is C9H14ClN3O5. The molecule has 4 atom stereocenters. The van der Waals surface area contributed by atoms with E-state index in [-0.39, 0.29) is 18.8 Å². The first-order chi connectivity index (χ1) is 8.65. The number of fused-ring (bicyclic) bond motifs is 2. The lowest BCUT2D eigenvalue weighted by Gasteiger charge is -2.33. The monoisotopic (exact) mass is 279 g/mol. The minimum atomic E-state index is -0.773. The first kappa shape index (κ1) is 13.5. The second-order valence-corrected chi connectivity index (χ2v) is 4.49. The fourth-order valence-corrected chi connectivity index (χ4v) is 2.20. The molecule has 8 nitrogen and oxygen atoms in total. The largest absolute Gasteiger partial charge is 0.391 e. The average molecular weight is 280 g/mol. The van der Waals surface area contributed by atoms with Gasteiger partial charge >= 0.3 is 6.03 Å². The lowest BCUT2D eigenvalue weighted by atomic mass is 10.0. The van der Waals surface area contributed by atoms with Crippen LogP contribution in [-0.2, 0) is 9.47 Å². The first-order valence-electron chi connectivity index (χ1n) is 5.58. The molecule has 9 heteroatoms. The van der Waals surface area contributed by atoms with E-state index in [9.17, 15) is 14.8 Å². The van der Waals surface area contributed by atoms with Crippen molar-refractivity contribution >= 4 is 17.6 Å². The van der Waals surface area contributed by atoms with Gasteiger partial charge in [-0.25, -0.2) is 4.79 Å². The number of halogens is 1. The van der Waals surface area contributed by atoms with Crippen molar-refractivity contribution in [1.82, 2.24) is 10.3 Å². The SMILES string of the molecule is O=NN(CCCl)C(=O)N[C@H]1[C@@H](O)C[C@@H]2OC[C@H]1O2. The number of nitroso groups, excluding NO2 is 1. The average Bonchev–Trinajstić information content (AvgIpc) is 2.74. The number of ether oxygens (including phenoxy) is 2. The van der Waals surface area contributed by atoms with Gasteiger partial charge in [-0.05, 0) is 0 Å². The number of aliphatic hydroxyl groups is 1. The van der Waals surface area contributed by atoms with E-state index < -0.39 is 30.6 Å². The number of hydrogen-bond donors (Lipinski definition) is 2. The van der Waals surface area contributed by atoms with Crippen LogP contribution in [0, 0.1) is 4.91 Å². The van der Waals surface area contributed by atoms with Crippen molar-refractivity contribution in [2.24, 2.45) is 5.29 Å². The molecule has 0 aliphatic carbocycles. The van der Waals surface area contributed by atoms with Gasteiger partial charge in [-0.3, -0.25) is 0 Å². The lowest BCUT2D eigenvalue weighted by molar-refractivity contribution is -0.128. The van der Waals surface area contributed by atoms with Gasteiger partial charge in [0.25, 0.3) is 0 Å². The van der Waals surface area contributed by atoms with E-state index in [1.807, 2.05) is 0 Å². The summed E-state index contributed by atoms with van der Waals surface area (Å²) in [4.78, 5) is 22.2. The third-order valence-corrected chi connectivity index (χ3v) is 3.11. The summed E-state index contributed by atoms with van der Waals surface area (Å²) in [6, 6.07) is -1.32. The smallest absolute Gasteiger partial charge is 0.340 e. The van der Waals surface area contributed by atoms with E-state index >= 15 is 0 Å². The van der Waals surface area contributed by atoms with Gasteiger partial charge in [-0.2, -0.15) is 5.01 Å².